The maximum Gasteiger partial charge on any atom is 0.251 e. The Balaban J connectivity index is 2.64. The molecule has 4 heteroatoms. The highest BCUT2D eigenvalue weighted by Gasteiger charge is 2.12. The number of halogens is 1. The van der Waals surface area contributed by atoms with Gasteiger partial charge in [0.25, 0.3) is 5.91 Å². The normalized spacial score (nSPS) is 12.6. The van der Waals surface area contributed by atoms with E-state index in [0.717, 1.165) is 0 Å². The van der Waals surface area contributed by atoms with Crippen LogP contribution in [0.5, 0.6) is 0 Å². The summed E-state index contributed by atoms with van der Waals surface area (Å²) in [5.74, 6) is -0.235. The second-order valence-electron chi connectivity index (χ2n) is 4.58. The zero-order chi connectivity index (χ0) is 13.0. The van der Waals surface area contributed by atoms with E-state index >= 15 is 0 Å². The summed E-state index contributed by atoms with van der Waals surface area (Å²) in [5.41, 5.74) is 6.94. The van der Waals surface area contributed by atoms with Gasteiger partial charge in [-0.25, -0.2) is 4.39 Å². The van der Waals surface area contributed by atoms with Gasteiger partial charge in [0.15, 0.2) is 0 Å². The third-order valence-electron chi connectivity index (χ3n) is 2.79. The zero-order valence-electron chi connectivity index (χ0n) is 10.5. The number of benzene rings is 1. The SMILES string of the molecule is Cc1cc(F)ccc1C(=O)NCC(N)C(C)C. The minimum absolute atomic E-state index is 0.0697. The third kappa shape index (κ3) is 3.82. The van der Waals surface area contributed by atoms with Crippen LogP contribution < -0.4 is 11.1 Å². The second-order valence-corrected chi connectivity index (χ2v) is 4.58. The fourth-order valence-corrected chi connectivity index (χ4v) is 1.42. The van der Waals surface area contributed by atoms with Crippen LogP contribution in [0.4, 0.5) is 4.39 Å². The monoisotopic (exact) mass is 238 g/mol. The van der Waals surface area contributed by atoms with Crippen molar-refractivity contribution in [2.75, 3.05) is 6.54 Å². The fraction of sp³-hybridized carbons (Fsp3) is 0.462. The van der Waals surface area contributed by atoms with Gasteiger partial charge in [0.1, 0.15) is 5.82 Å². The predicted molar refractivity (Wildman–Crippen MR) is 66.3 cm³/mol. The minimum atomic E-state index is -0.335. The molecule has 0 heterocycles. The molecule has 1 aromatic carbocycles. The van der Waals surface area contributed by atoms with Gasteiger partial charge in [0, 0.05) is 18.2 Å². The maximum atomic E-state index is 12.9. The van der Waals surface area contributed by atoms with E-state index in [1.165, 1.54) is 18.2 Å². The number of nitrogens with two attached hydrogens (primary N) is 1. The summed E-state index contributed by atoms with van der Waals surface area (Å²) in [4.78, 5) is 11.8. The zero-order valence-corrected chi connectivity index (χ0v) is 10.5. The van der Waals surface area contributed by atoms with E-state index in [9.17, 15) is 9.18 Å². The highest BCUT2D eigenvalue weighted by Crippen LogP contribution is 2.10. The lowest BCUT2D eigenvalue weighted by Crippen LogP contribution is -2.40. The van der Waals surface area contributed by atoms with E-state index in [1.54, 1.807) is 6.92 Å². The van der Waals surface area contributed by atoms with Crippen molar-refractivity contribution in [2.45, 2.75) is 26.8 Å². The van der Waals surface area contributed by atoms with Gasteiger partial charge < -0.3 is 11.1 Å². The van der Waals surface area contributed by atoms with Crippen molar-refractivity contribution in [3.63, 3.8) is 0 Å². The van der Waals surface area contributed by atoms with Gasteiger partial charge in [0.05, 0.1) is 0 Å². The van der Waals surface area contributed by atoms with Crippen LogP contribution in [0.1, 0.15) is 29.8 Å². The summed E-state index contributed by atoms with van der Waals surface area (Å²) in [7, 11) is 0. The maximum absolute atomic E-state index is 12.9. The molecule has 1 amide bonds. The van der Waals surface area contributed by atoms with Crippen LogP contribution >= 0.6 is 0 Å². The molecular formula is C13H19FN2O. The summed E-state index contributed by atoms with van der Waals surface area (Å²) in [6.07, 6.45) is 0. The van der Waals surface area contributed by atoms with E-state index in [0.29, 0.717) is 23.6 Å². The number of amides is 1. The number of nitrogens with one attached hydrogen (secondary N) is 1. The van der Waals surface area contributed by atoms with Crippen molar-refractivity contribution in [1.82, 2.24) is 5.32 Å². The van der Waals surface area contributed by atoms with E-state index in [1.807, 2.05) is 13.8 Å². The smallest absolute Gasteiger partial charge is 0.251 e. The van der Waals surface area contributed by atoms with Gasteiger partial charge in [-0.1, -0.05) is 13.8 Å². The van der Waals surface area contributed by atoms with E-state index < -0.39 is 0 Å². The van der Waals surface area contributed by atoms with Crippen LogP contribution in [0.25, 0.3) is 0 Å². The second kappa shape index (κ2) is 5.77. The molecule has 0 bridgehead atoms. The van der Waals surface area contributed by atoms with E-state index in [4.69, 9.17) is 5.73 Å². The highest BCUT2D eigenvalue weighted by atomic mass is 19.1. The highest BCUT2D eigenvalue weighted by molar-refractivity contribution is 5.95. The first-order valence-electron chi connectivity index (χ1n) is 5.71. The van der Waals surface area contributed by atoms with Gasteiger partial charge in [-0.05, 0) is 36.6 Å². The van der Waals surface area contributed by atoms with E-state index in [2.05, 4.69) is 5.32 Å². The van der Waals surface area contributed by atoms with Crippen molar-refractivity contribution in [3.8, 4) is 0 Å². The molecule has 1 unspecified atom stereocenters. The Morgan fingerprint density at radius 2 is 2.12 bits per heavy atom. The Morgan fingerprint density at radius 1 is 1.47 bits per heavy atom. The lowest BCUT2D eigenvalue weighted by Gasteiger charge is -2.16. The summed E-state index contributed by atoms with van der Waals surface area (Å²) in [5, 5.41) is 2.75. The molecule has 0 aliphatic heterocycles. The molecule has 0 aromatic heterocycles. The molecule has 0 radical (unpaired) electrons. The van der Waals surface area contributed by atoms with Gasteiger partial charge in [-0.15, -0.1) is 0 Å². The van der Waals surface area contributed by atoms with Crippen LogP contribution in [0, 0.1) is 18.7 Å². The number of carbonyl (C=O) groups excluding carboxylic acids is 1. The average molecular weight is 238 g/mol. The largest absolute Gasteiger partial charge is 0.350 e. The molecule has 3 N–H and O–H groups in total. The Bertz CT molecular complexity index is 404. The number of carbonyl (C=O) groups is 1. The van der Waals surface area contributed by atoms with Crippen LogP contribution in [-0.2, 0) is 0 Å². The molecule has 3 nitrogen and oxygen atoms in total. The standard InChI is InChI=1S/C13H19FN2O/c1-8(2)12(15)7-16-13(17)11-5-4-10(14)6-9(11)3/h4-6,8,12H,7,15H2,1-3H3,(H,16,17). The summed E-state index contributed by atoms with van der Waals surface area (Å²) in [6, 6.07) is 4.04. The topological polar surface area (TPSA) is 55.1 Å². The molecule has 0 fully saturated rings. The quantitative estimate of drug-likeness (QED) is 0.841. The van der Waals surface area contributed by atoms with Crippen LogP contribution in [0.3, 0.4) is 0 Å². The molecule has 1 atom stereocenters. The molecule has 0 aliphatic rings. The first-order chi connectivity index (χ1) is 7.91. The Labute approximate surface area is 101 Å². The van der Waals surface area contributed by atoms with Crippen LogP contribution in [-0.4, -0.2) is 18.5 Å². The van der Waals surface area contributed by atoms with Crippen molar-refractivity contribution in [2.24, 2.45) is 11.7 Å². The molecule has 0 spiro atoms. The summed E-state index contributed by atoms with van der Waals surface area (Å²) < 4.78 is 12.9. The third-order valence-corrected chi connectivity index (χ3v) is 2.79. The number of aryl methyl sites for hydroxylation is 1. The molecular weight excluding hydrogens is 219 g/mol. The van der Waals surface area contributed by atoms with E-state index in [-0.39, 0.29) is 17.8 Å². The molecule has 17 heavy (non-hydrogen) atoms. The lowest BCUT2D eigenvalue weighted by molar-refractivity contribution is 0.0948. The first-order valence-corrected chi connectivity index (χ1v) is 5.71. The number of hydrogen-bond acceptors (Lipinski definition) is 2. The Kier molecular flexibility index (Phi) is 4.63. The molecule has 0 saturated carbocycles. The van der Waals surface area contributed by atoms with Crippen molar-refractivity contribution in [3.05, 3.63) is 35.1 Å². The average Bonchev–Trinajstić information content (AvgIpc) is 2.25. The van der Waals surface area contributed by atoms with Crippen LogP contribution in [0.2, 0.25) is 0 Å². The fourth-order valence-electron chi connectivity index (χ4n) is 1.42. The summed E-state index contributed by atoms with van der Waals surface area (Å²) >= 11 is 0. The first kappa shape index (κ1) is 13.6. The molecule has 0 saturated heterocycles. The molecule has 0 aliphatic carbocycles. The minimum Gasteiger partial charge on any atom is -0.350 e. The van der Waals surface area contributed by atoms with Gasteiger partial charge in [-0.3, -0.25) is 4.79 Å². The van der Waals surface area contributed by atoms with Crippen molar-refractivity contribution in [1.29, 1.82) is 0 Å². The molecule has 1 rings (SSSR count). The Hall–Kier alpha value is -1.42. The molecule has 94 valence electrons. The lowest BCUT2D eigenvalue weighted by atomic mass is 10.0. The van der Waals surface area contributed by atoms with Crippen LogP contribution in [0.15, 0.2) is 18.2 Å². The summed E-state index contributed by atoms with van der Waals surface area (Å²) in [6.45, 7) is 6.13. The van der Waals surface area contributed by atoms with Gasteiger partial charge >= 0.3 is 0 Å². The van der Waals surface area contributed by atoms with Crippen molar-refractivity contribution < 1.29 is 9.18 Å². The Morgan fingerprint density at radius 3 is 2.65 bits per heavy atom. The number of rotatable bonds is 4. The van der Waals surface area contributed by atoms with Gasteiger partial charge in [0.2, 0.25) is 0 Å². The number of hydrogen-bond donors (Lipinski definition) is 2. The molecule has 1 aromatic rings. The predicted octanol–water partition coefficient (Wildman–Crippen LogP) is 1.85. The van der Waals surface area contributed by atoms with Gasteiger partial charge in [-0.2, -0.15) is 0 Å². The van der Waals surface area contributed by atoms with Crippen molar-refractivity contribution >= 4 is 5.91 Å².